The Kier molecular flexibility index (Phi) is 3.80. The van der Waals surface area contributed by atoms with Crippen LogP contribution in [0.15, 0.2) is 12.1 Å². The van der Waals surface area contributed by atoms with E-state index in [-0.39, 0.29) is 23.5 Å². The van der Waals surface area contributed by atoms with Crippen molar-refractivity contribution < 1.29 is 15.0 Å². The van der Waals surface area contributed by atoms with E-state index in [4.69, 9.17) is 0 Å². The topological polar surface area (TPSA) is 60.8 Å². The summed E-state index contributed by atoms with van der Waals surface area (Å²) >= 11 is 0. The van der Waals surface area contributed by atoms with Crippen LogP contribution in [0, 0.1) is 18.8 Å². The zero-order chi connectivity index (χ0) is 19.0. The van der Waals surface area contributed by atoms with E-state index in [9.17, 15) is 15.0 Å². The number of carbonyl (C=O) groups excluding carboxylic acids is 1. The lowest BCUT2D eigenvalue weighted by atomic mass is 9.47. The number of aromatic hydroxyl groups is 1. The number of rotatable bonds is 2. The van der Waals surface area contributed by atoms with Gasteiger partial charge in [-0.05, 0) is 80.7 Å². The van der Waals surface area contributed by atoms with Crippen LogP contribution in [0.5, 0.6) is 5.75 Å². The van der Waals surface area contributed by atoms with Crippen LogP contribution in [0.25, 0.3) is 0 Å². The molecule has 2 bridgehead atoms. The number of benzene rings is 1. The highest BCUT2D eigenvalue weighted by atomic mass is 16.3. The van der Waals surface area contributed by atoms with Gasteiger partial charge in [0.25, 0.3) is 0 Å². The number of nitrogens with zero attached hydrogens (tertiary/aromatic N) is 1. The average molecular weight is 370 g/mol. The number of hydrogen-bond acceptors (Lipinski definition) is 4. The van der Waals surface area contributed by atoms with Crippen molar-refractivity contribution in [1.82, 2.24) is 4.90 Å². The summed E-state index contributed by atoms with van der Waals surface area (Å²) in [5, 5.41) is 22.8. The molecule has 4 nitrogen and oxygen atoms in total. The summed E-state index contributed by atoms with van der Waals surface area (Å²) in [7, 11) is 0. The Balaban J connectivity index is 1.75. The highest BCUT2D eigenvalue weighted by Crippen LogP contribution is 2.60. The van der Waals surface area contributed by atoms with E-state index >= 15 is 0 Å². The van der Waals surface area contributed by atoms with Crippen LogP contribution in [-0.4, -0.2) is 45.6 Å². The molecule has 146 valence electrons. The minimum absolute atomic E-state index is 0.0765. The molecular formula is C23H31NO3. The Morgan fingerprint density at radius 3 is 2.78 bits per heavy atom. The minimum atomic E-state index is -0.892. The van der Waals surface area contributed by atoms with Crippen molar-refractivity contribution in [3.8, 4) is 5.75 Å². The number of phenols is 1. The van der Waals surface area contributed by atoms with Crippen LogP contribution in [-0.2, 0) is 16.6 Å². The fraction of sp³-hybridized carbons (Fsp3) is 0.696. The number of aliphatic hydroxyl groups is 1. The van der Waals surface area contributed by atoms with Crippen molar-refractivity contribution in [3.05, 3.63) is 28.8 Å². The Morgan fingerprint density at radius 1 is 1.26 bits per heavy atom. The molecular weight excluding hydrogens is 338 g/mol. The van der Waals surface area contributed by atoms with Gasteiger partial charge in [0.1, 0.15) is 11.5 Å². The van der Waals surface area contributed by atoms with Crippen molar-refractivity contribution in [3.63, 3.8) is 0 Å². The van der Waals surface area contributed by atoms with E-state index in [2.05, 4.69) is 4.90 Å². The summed E-state index contributed by atoms with van der Waals surface area (Å²) in [5.41, 5.74) is 1.71. The summed E-state index contributed by atoms with van der Waals surface area (Å²) in [6.07, 6.45) is 6.29. The van der Waals surface area contributed by atoms with Crippen molar-refractivity contribution >= 4 is 5.78 Å². The number of fused-ring (bicyclic) bond motifs is 1. The molecule has 2 saturated carbocycles. The molecule has 1 aliphatic heterocycles. The number of phenolic OH excluding ortho intramolecular Hbond substituents is 1. The van der Waals surface area contributed by atoms with Gasteiger partial charge in [-0.15, -0.1) is 0 Å². The maximum absolute atomic E-state index is 12.9. The molecule has 1 aromatic rings. The molecule has 5 rings (SSSR count). The molecule has 0 amide bonds. The number of Topliss-reactive ketones (excluding diaryl/α,β-unsaturated/α-hetero) is 1. The normalized spacial score (nSPS) is 38.9. The van der Waals surface area contributed by atoms with E-state index in [1.807, 2.05) is 19.9 Å². The van der Waals surface area contributed by atoms with Crippen LogP contribution in [0.2, 0.25) is 0 Å². The van der Waals surface area contributed by atoms with Crippen molar-refractivity contribution in [2.45, 2.75) is 75.9 Å². The molecule has 4 heteroatoms. The molecule has 1 saturated heterocycles. The monoisotopic (exact) mass is 369 g/mol. The standard InChI is InChI=1S/C23H31NO3/c1-14-18(25)7-6-17-12-20-23(27)10-8-19(26)15(2)22(23,21(14)17)9-3-11-24(20)13-16-4-5-16/h6-7,15-16,20,25,27H,3-5,8-13H2,1-2H3/t15?,20-,22-,23-/m1/s1. The Labute approximate surface area is 161 Å². The van der Waals surface area contributed by atoms with E-state index in [0.717, 1.165) is 49.4 Å². The van der Waals surface area contributed by atoms with Gasteiger partial charge in [-0.3, -0.25) is 9.69 Å². The van der Waals surface area contributed by atoms with Gasteiger partial charge >= 0.3 is 0 Å². The predicted octanol–water partition coefficient (Wildman–Crippen LogP) is 3.10. The zero-order valence-corrected chi connectivity index (χ0v) is 16.5. The molecule has 3 aliphatic carbocycles. The van der Waals surface area contributed by atoms with Gasteiger partial charge < -0.3 is 10.2 Å². The first-order valence-corrected chi connectivity index (χ1v) is 10.7. The van der Waals surface area contributed by atoms with Crippen molar-refractivity contribution in [1.29, 1.82) is 0 Å². The number of hydrogen-bond donors (Lipinski definition) is 2. The first kappa shape index (κ1) is 17.7. The summed E-state index contributed by atoms with van der Waals surface area (Å²) in [4.78, 5) is 15.4. The second kappa shape index (κ2) is 5.81. The SMILES string of the molecule is Cc1c(O)ccc2c1[C@]13CCCN(CC4CC4)[C@H](C2)[C@]1(O)CCC(=O)C3C. The first-order chi connectivity index (χ1) is 12.9. The third kappa shape index (κ3) is 2.26. The van der Waals surface area contributed by atoms with Crippen LogP contribution in [0.1, 0.15) is 62.1 Å². The van der Waals surface area contributed by atoms with E-state index in [1.54, 1.807) is 6.07 Å². The van der Waals surface area contributed by atoms with E-state index in [1.165, 1.54) is 18.4 Å². The predicted molar refractivity (Wildman–Crippen MR) is 104 cm³/mol. The van der Waals surface area contributed by atoms with Crippen LogP contribution < -0.4 is 0 Å². The summed E-state index contributed by atoms with van der Waals surface area (Å²) in [5.74, 6) is 1.13. The molecule has 0 radical (unpaired) electrons. The van der Waals surface area contributed by atoms with Gasteiger partial charge in [0.05, 0.1) is 5.60 Å². The van der Waals surface area contributed by atoms with Crippen LogP contribution in [0.3, 0.4) is 0 Å². The summed E-state index contributed by atoms with van der Waals surface area (Å²) in [6.45, 7) is 6.07. The molecule has 0 spiro atoms. The average Bonchev–Trinajstić information content (AvgIpc) is 3.46. The van der Waals surface area contributed by atoms with Gasteiger partial charge in [-0.1, -0.05) is 13.0 Å². The number of ketones is 1. The van der Waals surface area contributed by atoms with E-state index < -0.39 is 11.0 Å². The molecule has 1 heterocycles. The third-order valence-electron chi connectivity index (χ3n) is 8.33. The molecule has 4 aliphatic rings. The molecule has 3 fully saturated rings. The van der Waals surface area contributed by atoms with Crippen LogP contribution >= 0.6 is 0 Å². The third-order valence-corrected chi connectivity index (χ3v) is 8.33. The highest BCUT2D eigenvalue weighted by molar-refractivity contribution is 5.85. The van der Waals surface area contributed by atoms with Crippen molar-refractivity contribution in [2.75, 3.05) is 13.1 Å². The Morgan fingerprint density at radius 2 is 2.04 bits per heavy atom. The summed E-state index contributed by atoms with van der Waals surface area (Å²) in [6, 6.07) is 3.91. The smallest absolute Gasteiger partial charge is 0.136 e. The molecule has 2 N–H and O–H groups in total. The van der Waals surface area contributed by atoms with Gasteiger partial charge in [0.2, 0.25) is 0 Å². The second-order valence-electron chi connectivity index (χ2n) is 9.59. The molecule has 4 atom stereocenters. The number of likely N-dealkylation sites (tertiary alicyclic amines) is 1. The maximum Gasteiger partial charge on any atom is 0.136 e. The largest absolute Gasteiger partial charge is 0.508 e. The van der Waals surface area contributed by atoms with Gasteiger partial charge in [0.15, 0.2) is 0 Å². The molecule has 1 unspecified atom stereocenters. The van der Waals surface area contributed by atoms with Gasteiger partial charge in [-0.2, -0.15) is 0 Å². The zero-order valence-electron chi connectivity index (χ0n) is 16.5. The molecule has 27 heavy (non-hydrogen) atoms. The second-order valence-corrected chi connectivity index (χ2v) is 9.59. The van der Waals surface area contributed by atoms with E-state index in [0.29, 0.717) is 12.8 Å². The summed E-state index contributed by atoms with van der Waals surface area (Å²) < 4.78 is 0. The molecule has 0 aromatic heterocycles. The quantitative estimate of drug-likeness (QED) is 0.841. The van der Waals surface area contributed by atoms with Crippen LogP contribution in [0.4, 0.5) is 0 Å². The lowest BCUT2D eigenvalue weighted by Crippen LogP contribution is -2.70. The maximum atomic E-state index is 12.9. The fourth-order valence-electron chi connectivity index (χ4n) is 6.78. The van der Waals surface area contributed by atoms with Gasteiger partial charge in [0, 0.05) is 30.3 Å². The fourth-order valence-corrected chi connectivity index (χ4v) is 6.78. The highest BCUT2D eigenvalue weighted by Gasteiger charge is 2.66. The number of carbonyl (C=O) groups is 1. The Hall–Kier alpha value is -1.39. The minimum Gasteiger partial charge on any atom is -0.508 e. The Bertz CT molecular complexity index is 801. The van der Waals surface area contributed by atoms with Crippen molar-refractivity contribution in [2.24, 2.45) is 11.8 Å². The van der Waals surface area contributed by atoms with Gasteiger partial charge in [-0.25, -0.2) is 0 Å². The lowest BCUT2D eigenvalue weighted by Gasteiger charge is -2.60. The first-order valence-electron chi connectivity index (χ1n) is 10.7. The lowest BCUT2D eigenvalue weighted by molar-refractivity contribution is -0.162. The molecule has 1 aromatic carbocycles.